The molecular weight excluding hydrogens is 456 g/mol. The zero-order valence-corrected chi connectivity index (χ0v) is 20.9. The molecule has 0 atom stereocenters. The number of rotatable bonds is 3. The third-order valence-electron chi connectivity index (χ3n) is 8.01. The molecule has 176 valence electrons. The first-order valence-electron chi connectivity index (χ1n) is 13.2. The average Bonchev–Trinajstić information content (AvgIpc) is 3.00. The minimum atomic E-state index is 1.24. The highest BCUT2D eigenvalue weighted by Crippen LogP contribution is 2.40. The Balaban J connectivity index is 1.20. The van der Waals surface area contributed by atoms with Gasteiger partial charge in [-0.25, -0.2) is 0 Å². The zero-order valence-electron chi connectivity index (χ0n) is 20.9. The van der Waals surface area contributed by atoms with Crippen LogP contribution in [0.15, 0.2) is 146 Å². The van der Waals surface area contributed by atoms with Gasteiger partial charge in [-0.1, -0.05) is 133 Å². The van der Waals surface area contributed by atoms with Crippen molar-refractivity contribution in [2.24, 2.45) is 0 Å². The summed E-state index contributed by atoms with van der Waals surface area (Å²) in [6.45, 7) is 0. The molecule has 38 heavy (non-hydrogen) atoms. The standard InChI is InChI=1S/C38H24/c1-2-5-25(6-3-1)26-9-11-27(12-10-26)31-15-16-33-24-34(18-17-32(33)23-31)35-21-19-30-14-13-28-7-4-8-29-20-22-36(35)38(30)37(28)29/h1-24H. The summed E-state index contributed by atoms with van der Waals surface area (Å²) < 4.78 is 0. The van der Waals surface area contributed by atoms with Crippen LogP contribution in [0.2, 0.25) is 0 Å². The third kappa shape index (κ3) is 3.31. The van der Waals surface area contributed by atoms with E-state index < -0.39 is 0 Å². The molecule has 0 saturated heterocycles. The van der Waals surface area contributed by atoms with Crippen molar-refractivity contribution in [2.75, 3.05) is 0 Å². The van der Waals surface area contributed by atoms with Gasteiger partial charge in [0, 0.05) is 0 Å². The molecular formula is C38H24. The average molecular weight is 481 g/mol. The first-order chi connectivity index (χ1) is 18.8. The Kier molecular flexibility index (Phi) is 4.62. The van der Waals surface area contributed by atoms with Gasteiger partial charge in [-0.2, -0.15) is 0 Å². The number of benzene rings is 8. The SMILES string of the molecule is c1ccc(-c2ccc(-c3ccc4cc(-c5ccc6ccc7cccc8ccc5c6c78)ccc4c3)cc2)cc1. The maximum Gasteiger partial charge on any atom is -0.00206 e. The molecule has 0 saturated carbocycles. The fraction of sp³-hybridized carbons (Fsp3) is 0. The largest absolute Gasteiger partial charge is 0.0622 e. The highest BCUT2D eigenvalue weighted by atomic mass is 14.2. The Bertz CT molecular complexity index is 2080. The van der Waals surface area contributed by atoms with Crippen LogP contribution in [-0.2, 0) is 0 Å². The van der Waals surface area contributed by atoms with Crippen LogP contribution in [0, 0.1) is 0 Å². The van der Waals surface area contributed by atoms with Crippen LogP contribution in [0.3, 0.4) is 0 Å². The lowest BCUT2D eigenvalue weighted by Gasteiger charge is -2.14. The Morgan fingerprint density at radius 3 is 1.50 bits per heavy atom. The third-order valence-corrected chi connectivity index (χ3v) is 8.01. The molecule has 0 heteroatoms. The molecule has 0 fully saturated rings. The van der Waals surface area contributed by atoms with E-state index >= 15 is 0 Å². The van der Waals surface area contributed by atoms with E-state index in [2.05, 4.69) is 146 Å². The van der Waals surface area contributed by atoms with Crippen LogP contribution < -0.4 is 0 Å². The van der Waals surface area contributed by atoms with Crippen LogP contribution in [0.25, 0.3) is 76.5 Å². The minimum Gasteiger partial charge on any atom is -0.0622 e. The van der Waals surface area contributed by atoms with Crippen LogP contribution in [-0.4, -0.2) is 0 Å². The molecule has 0 spiro atoms. The highest BCUT2D eigenvalue weighted by molar-refractivity contribution is 6.25. The second-order valence-electron chi connectivity index (χ2n) is 10.2. The zero-order chi connectivity index (χ0) is 25.1. The quantitative estimate of drug-likeness (QED) is 0.221. The van der Waals surface area contributed by atoms with Gasteiger partial charge in [0.05, 0.1) is 0 Å². The van der Waals surface area contributed by atoms with Gasteiger partial charge in [0.15, 0.2) is 0 Å². The normalized spacial score (nSPS) is 11.7. The summed E-state index contributed by atoms with van der Waals surface area (Å²) >= 11 is 0. The van der Waals surface area contributed by atoms with Crippen LogP contribution in [0.1, 0.15) is 0 Å². The molecule has 8 aromatic carbocycles. The molecule has 0 unspecified atom stereocenters. The van der Waals surface area contributed by atoms with E-state index in [0.717, 1.165) is 0 Å². The predicted octanol–water partition coefficient (Wildman–Crippen LogP) is 10.7. The lowest BCUT2D eigenvalue weighted by molar-refractivity contribution is 1.60. The van der Waals surface area contributed by atoms with E-state index in [1.54, 1.807) is 0 Å². The molecule has 0 heterocycles. The summed E-state index contributed by atoms with van der Waals surface area (Å²) in [6, 6.07) is 53.3. The lowest BCUT2D eigenvalue weighted by Crippen LogP contribution is -1.87. The fourth-order valence-corrected chi connectivity index (χ4v) is 6.07. The number of hydrogen-bond acceptors (Lipinski definition) is 0. The minimum absolute atomic E-state index is 1.24. The van der Waals surface area contributed by atoms with Crippen molar-refractivity contribution in [3.63, 3.8) is 0 Å². The predicted molar refractivity (Wildman–Crippen MR) is 164 cm³/mol. The summed E-state index contributed by atoms with van der Waals surface area (Å²) in [5.41, 5.74) is 7.52. The first kappa shape index (κ1) is 21.2. The van der Waals surface area contributed by atoms with Gasteiger partial charge in [-0.05, 0) is 88.6 Å². The van der Waals surface area contributed by atoms with Gasteiger partial charge in [0.2, 0.25) is 0 Å². The van der Waals surface area contributed by atoms with Crippen molar-refractivity contribution < 1.29 is 0 Å². The van der Waals surface area contributed by atoms with Crippen molar-refractivity contribution in [1.82, 2.24) is 0 Å². The van der Waals surface area contributed by atoms with Gasteiger partial charge in [-0.15, -0.1) is 0 Å². The van der Waals surface area contributed by atoms with Crippen molar-refractivity contribution >= 4 is 43.1 Å². The molecule has 0 radical (unpaired) electrons. The monoisotopic (exact) mass is 480 g/mol. The smallest absolute Gasteiger partial charge is 0.00206 e. The van der Waals surface area contributed by atoms with Crippen LogP contribution in [0.4, 0.5) is 0 Å². The molecule has 0 amide bonds. The van der Waals surface area contributed by atoms with E-state index in [1.165, 1.54) is 76.5 Å². The topological polar surface area (TPSA) is 0 Å². The van der Waals surface area contributed by atoms with Gasteiger partial charge in [0.25, 0.3) is 0 Å². The summed E-state index contributed by atoms with van der Waals surface area (Å²) in [5, 5.41) is 10.5. The Hall–Kier alpha value is -4.94. The molecule has 0 aliphatic heterocycles. The van der Waals surface area contributed by atoms with E-state index in [-0.39, 0.29) is 0 Å². The molecule has 0 N–H and O–H groups in total. The number of fused-ring (bicyclic) bond motifs is 1. The van der Waals surface area contributed by atoms with Crippen molar-refractivity contribution in [1.29, 1.82) is 0 Å². The molecule has 0 aliphatic carbocycles. The van der Waals surface area contributed by atoms with Gasteiger partial charge in [0.1, 0.15) is 0 Å². The Labute approximate surface area is 221 Å². The Morgan fingerprint density at radius 2 is 0.763 bits per heavy atom. The van der Waals surface area contributed by atoms with E-state index in [4.69, 9.17) is 0 Å². The summed E-state index contributed by atoms with van der Waals surface area (Å²) in [6.07, 6.45) is 0. The van der Waals surface area contributed by atoms with E-state index in [0.29, 0.717) is 0 Å². The van der Waals surface area contributed by atoms with Crippen molar-refractivity contribution in [2.45, 2.75) is 0 Å². The summed E-state index contributed by atoms with van der Waals surface area (Å²) in [5.74, 6) is 0. The molecule has 0 aromatic heterocycles. The lowest BCUT2D eigenvalue weighted by atomic mass is 9.89. The summed E-state index contributed by atoms with van der Waals surface area (Å²) in [4.78, 5) is 0. The van der Waals surface area contributed by atoms with Crippen molar-refractivity contribution in [3.8, 4) is 33.4 Å². The second-order valence-corrected chi connectivity index (χ2v) is 10.2. The fourth-order valence-electron chi connectivity index (χ4n) is 6.07. The van der Waals surface area contributed by atoms with Gasteiger partial charge >= 0.3 is 0 Å². The van der Waals surface area contributed by atoms with Gasteiger partial charge < -0.3 is 0 Å². The molecule has 8 rings (SSSR count). The second kappa shape index (κ2) is 8.30. The maximum atomic E-state index is 2.34. The molecule has 0 bridgehead atoms. The molecule has 0 aliphatic rings. The van der Waals surface area contributed by atoms with Crippen LogP contribution in [0.5, 0.6) is 0 Å². The van der Waals surface area contributed by atoms with E-state index in [9.17, 15) is 0 Å². The Morgan fingerprint density at radius 1 is 0.263 bits per heavy atom. The first-order valence-corrected chi connectivity index (χ1v) is 13.2. The molecule has 0 nitrogen and oxygen atoms in total. The molecule has 8 aromatic rings. The highest BCUT2D eigenvalue weighted by Gasteiger charge is 2.12. The van der Waals surface area contributed by atoms with Crippen LogP contribution >= 0.6 is 0 Å². The maximum absolute atomic E-state index is 2.34. The van der Waals surface area contributed by atoms with Gasteiger partial charge in [-0.3, -0.25) is 0 Å². The van der Waals surface area contributed by atoms with Crippen molar-refractivity contribution in [3.05, 3.63) is 146 Å². The van der Waals surface area contributed by atoms with E-state index in [1.807, 2.05) is 0 Å². The number of hydrogen-bond donors (Lipinski definition) is 0. The summed E-state index contributed by atoms with van der Waals surface area (Å²) in [7, 11) is 0.